The van der Waals surface area contributed by atoms with Crippen LogP contribution in [-0.2, 0) is 26.9 Å². The van der Waals surface area contributed by atoms with E-state index in [1.54, 1.807) is 0 Å². The van der Waals surface area contributed by atoms with Crippen LogP contribution in [0.5, 0.6) is 0 Å². The van der Waals surface area contributed by atoms with Gasteiger partial charge in [-0.15, -0.1) is 0 Å². The molecule has 0 saturated heterocycles. The predicted octanol–water partition coefficient (Wildman–Crippen LogP) is 1.31. The second kappa shape index (κ2) is 3.88. The molecule has 0 saturated carbocycles. The zero-order chi connectivity index (χ0) is 10.8. The lowest BCUT2D eigenvalue weighted by molar-refractivity contribution is 0.709. The van der Waals surface area contributed by atoms with E-state index in [1.165, 1.54) is 11.3 Å². The molecule has 0 atom stereocenters. The third kappa shape index (κ3) is 2.09. The molecular formula is C11H16N4. The largest absolute Gasteiger partial charge is 0.276 e. The number of nitrogens with zero attached hydrogens (tertiary/aromatic N) is 4. The highest BCUT2D eigenvalue weighted by Crippen LogP contribution is 2.10. The summed E-state index contributed by atoms with van der Waals surface area (Å²) < 4.78 is 3.78. The second-order valence-electron chi connectivity index (χ2n) is 3.80. The molecule has 0 aliphatic heterocycles. The summed E-state index contributed by atoms with van der Waals surface area (Å²) in [5, 5.41) is 8.58. The lowest BCUT2D eigenvalue weighted by Gasteiger charge is -1.97. The summed E-state index contributed by atoms with van der Waals surface area (Å²) in [7, 11) is 3.93. The molecule has 2 aromatic rings. The minimum absolute atomic E-state index is 0.900. The van der Waals surface area contributed by atoms with Gasteiger partial charge < -0.3 is 0 Å². The zero-order valence-corrected chi connectivity index (χ0v) is 9.44. The maximum Gasteiger partial charge on any atom is 0.0624 e. The van der Waals surface area contributed by atoms with E-state index in [4.69, 9.17) is 0 Å². The van der Waals surface area contributed by atoms with Crippen molar-refractivity contribution in [1.82, 2.24) is 19.6 Å². The van der Waals surface area contributed by atoms with Crippen LogP contribution in [0.3, 0.4) is 0 Å². The van der Waals surface area contributed by atoms with Gasteiger partial charge in [0.25, 0.3) is 0 Å². The molecule has 15 heavy (non-hydrogen) atoms. The van der Waals surface area contributed by atoms with Crippen LogP contribution in [0.25, 0.3) is 0 Å². The Morgan fingerprint density at radius 1 is 1.33 bits per heavy atom. The Labute approximate surface area is 89.5 Å². The Kier molecular flexibility index (Phi) is 2.58. The number of hydrogen-bond donors (Lipinski definition) is 0. The van der Waals surface area contributed by atoms with Gasteiger partial charge in [0.15, 0.2) is 0 Å². The lowest BCUT2D eigenvalue weighted by Crippen LogP contribution is -1.98. The highest BCUT2D eigenvalue weighted by molar-refractivity contribution is 5.19. The van der Waals surface area contributed by atoms with Crippen LogP contribution < -0.4 is 0 Å². The molecule has 0 unspecified atom stereocenters. The molecule has 2 aromatic heterocycles. The first-order chi connectivity index (χ1) is 7.19. The van der Waals surface area contributed by atoms with Gasteiger partial charge in [-0.2, -0.15) is 10.2 Å². The smallest absolute Gasteiger partial charge is 0.0624 e. The Bertz CT molecular complexity index is 453. The van der Waals surface area contributed by atoms with Gasteiger partial charge in [-0.25, -0.2) is 0 Å². The molecule has 0 aliphatic carbocycles. The molecule has 0 N–H and O–H groups in total. The van der Waals surface area contributed by atoms with E-state index in [-0.39, 0.29) is 0 Å². The van der Waals surface area contributed by atoms with Crippen molar-refractivity contribution in [3.05, 3.63) is 35.4 Å². The first kappa shape index (κ1) is 9.96. The molecule has 2 heterocycles. The molecule has 0 aromatic carbocycles. The number of rotatable bonds is 3. The fourth-order valence-electron chi connectivity index (χ4n) is 1.68. The van der Waals surface area contributed by atoms with Crippen LogP contribution >= 0.6 is 0 Å². The summed E-state index contributed by atoms with van der Waals surface area (Å²) in [5.74, 6) is 0. The Morgan fingerprint density at radius 2 is 2.13 bits per heavy atom. The maximum absolute atomic E-state index is 4.42. The summed E-state index contributed by atoms with van der Waals surface area (Å²) in [4.78, 5) is 0. The van der Waals surface area contributed by atoms with Crippen molar-refractivity contribution in [2.75, 3.05) is 0 Å². The minimum Gasteiger partial charge on any atom is -0.276 e. The summed E-state index contributed by atoms with van der Waals surface area (Å²) in [5.41, 5.74) is 3.61. The Morgan fingerprint density at radius 3 is 2.67 bits per heavy atom. The fraction of sp³-hybridized carbons (Fsp3) is 0.455. The van der Waals surface area contributed by atoms with Gasteiger partial charge >= 0.3 is 0 Å². The topological polar surface area (TPSA) is 35.6 Å². The quantitative estimate of drug-likeness (QED) is 0.755. The standard InChI is InChI=1S/C11H16N4/c1-4-10-6-11(15(3)13-10)5-9-7-12-14(2)8-9/h6-8H,4-5H2,1-3H3. The lowest BCUT2D eigenvalue weighted by atomic mass is 10.2. The number of hydrogen-bond acceptors (Lipinski definition) is 2. The molecule has 0 aliphatic rings. The van der Waals surface area contributed by atoms with Gasteiger partial charge in [0, 0.05) is 32.4 Å². The van der Waals surface area contributed by atoms with Crippen molar-refractivity contribution >= 4 is 0 Å². The first-order valence-corrected chi connectivity index (χ1v) is 5.18. The maximum atomic E-state index is 4.42. The van der Waals surface area contributed by atoms with Crippen LogP contribution in [0.2, 0.25) is 0 Å². The second-order valence-corrected chi connectivity index (χ2v) is 3.80. The van der Waals surface area contributed by atoms with E-state index in [0.29, 0.717) is 0 Å². The van der Waals surface area contributed by atoms with Gasteiger partial charge in [0.1, 0.15) is 0 Å². The van der Waals surface area contributed by atoms with E-state index in [9.17, 15) is 0 Å². The third-order valence-corrected chi connectivity index (χ3v) is 2.53. The van der Waals surface area contributed by atoms with Crippen molar-refractivity contribution in [2.45, 2.75) is 19.8 Å². The van der Waals surface area contributed by atoms with Gasteiger partial charge in [-0.05, 0) is 18.1 Å². The van der Waals surface area contributed by atoms with Gasteiger partial charge in [0.05, 0.1) is 11.9 Å². The molecule has 0 bridgehead atoms. The predicted molar refractivity (Wildman–Crippen MR) is 58.6 cm³/mol. The fourth-order valence-corrected chi connectivity index (χ4v) is 1.68. The van der Waals surface area contributed by atoms with Crippen molar-refractivity contribution in [3.8, 4) is 0 Å². The SMILES string of the molecule is CCc1cc(Cc2cnn(C)c2)n(C)n1. The number of aryl methyl sites for hydroxylation is 3. The first-order valence-electron chi connectivity index (χ1n) is 5.18. The van der Waals surface area contributed by atoms with Crippen molar-refractivity contribution in [1.29, 1.82) is 0 Å². The van der Waals surface area contributed by atoms with Crippen LogP contribution in [0.15, 0.2) is 18.5 Å². The Hall–Kier alpha value is -1.58. The molecule has 2 rings (SSSR count). The molecule has 4 heteroatoms. The van der Waals surface area contributed by atoms with E-state index < -0.39 is 0 Å². The average molecular weight is 204 g/mol. The molecule has 0 spiro atoms. The van der Waals surface area contributed by atoms with Crippen molar-refractivity contribution < 1.29 is 0 Å². The third-order valence-electron chi connectivity index (χ3n) is 2.53. The molecule has 0 amide bonds. The minimum atomic E-state index is 0.900. The van der Waals surface area contributed by atoms with E-state index in [2.05, 4.69) is 23.2 Å². The molecular weight excluding hydrogens is 188 g/mol. The highest BCUT2D eigenvalue weighted by atomic mass is 15.3. The van der Waals surface area contributed by atoms with Crippen LogP contribution in [0.4, 0.5) is 0 Å². The molecule has 4 nitrogen and oxygen atoms in total. The highest BCUT2D eigenvalue weighted by Gasteiger charge is 2.05. The average Bonchev–Trinajstić information content (AvgIpc) is 2.75. The van der Waals surface area contributed by atoms with E-state index in [1.807, 2.05) is 35.9 Å². The van der Waals surface area contributed by atoms with E-state index >= 15 is 0 Å². The van der Waals surface area contributed by atoms with Crippen molar-refractivity contribution in [2.24, 2.45) is 14.1 Å². The van der Waals surface area contributed by atoms with Crippen LogP contribution in [0, 0.1) is 0 Å². The van der Waals surface area contributed by atoms with Gasteiger partial charge in [-0.1, -0.05) is 6.92 Å². The molecule has 0 radical (unpaired) electrons. The van der Waals surface area contributed by atoms with Crippen molar-refractivity contribution in [3.63, 3.8) is 0 Å². The monoisotopic (exact) mass is 204 g/mol. The zero-order valence-electron chi connectivity index (χ0n) is 9.44. The van der Waals surface area contributed by atoms with Gasteiger partial charge in [-0.3, -0.25) is 9.36 Å². The van der Waals surface area contributed by atoms with E-state index in [0.717, 1.165) is 18.5 Å². The van der Waals surface area contributed by atoms with Crippen LogP contribution in [0.1, 0.15) is 23.9 Å². The summed E-state index contributed by atoms with van der Waals surface area (Å²) in [6, 6.07) is 2.16. The molecule has 0 fully saturated rings. The number of aromatic nitrogens is 4. The summed E-state index contributed by atoms with van der Waals surface area (Å²) >= 11 is 0. The Balaban J connectivity index is 2.20. The van der Waals surface area contributed by atoms with Crippen LogP contribution in [-0.4, -0.2) is 19.6 Å². The summed E-state index contributed by atoms with van der Waals surface area (Å²) in [6.45, 7) is 2.12. The molecule has 80 valence electrons. The summed E-state index contributed by atoms with van der Waals surface area (Å²) in [6.07, 6.45) is 5.83. The van der Waals surface area contributed by atoms with Gasteiger partial charge in [0.2, 0.25) is 0 Å². The normalized spacial score (nSPS) is 10.9.